The molecule has 3 aliphatic rings. The van der Waals surface area contributed by atoms with E-state index in [4.69, 9.17) is 4.74 Å². The van der Waals surface area contributed by atoms with Gasteiger partial charge < -0.3 is 4.74 Å². The molecule has 0 spiro atoms. The van der Waals surface area contributed by atoms with Gasteiger partial charge in [0, 0.05) is 18.9 Å². The average molecular weight is 435 g/mol. The molecule has 3 rings (SSSR count). The van der Waals surface area contributed by atoms with E-state index < -0.39 is 30.3 Å². The largest absolute Gasteiger partial charge is 0.375 e. The van der Waals surface area contributed by atoms with Crippen molar-refractivity contribution in [3.63, 3.8) is 0 Å². The van der Waals surface area contributed by atoms with E-state index in [2.05, 4.69) is 6.92 Å². The molecule has 1 nitrogen and oxygen atoms in total. The van der Waals surface area contributed by atoms with Gasteiger partial charge in [0.2, 0.25) is 0 Å². The summed E-state index contributed by atoms with van der Waals surface area (Å²) in [5.74, 6) is -2.60. The first-order valence-corrected chi connectivity index (χ1v) is 12.6. The molecule has 0 bridgehead atoms. The van der Waals surface area contributed by atoms with Crippen LogP contribution in [0.5, 0.6) is 0 Å². The van der Waals surface area contributed by atoms with Gasteiger partial charge in [0.1, 0.15) is 6.17 Å². The molecule has 4 atom stereocenters. The lowest BCUT2D eigenvalue weighted by atomic mass is 9.67. The maximum atomic E-state index is 15.0. The fourth-order valence-electron chi connectivity index (χ4n) is 6.66. The number of ether oxygens (including phenoxy) is 1. The molecular formula is C25H42F4O. The minimum Gasteiger partial charge on any atom is -0.375 e. The molecule has 0 saturated heterocycles. The highest BCUT2D eigenvalue weighted by Crippen LogP contribution is 2.48. The fourth-order valence-corrected chi connectivity index (χ4v) is 6.66. The molecule has 30 heavy (non-hydrogen) atoms. The summed E-state index contributed by atoms with van der Waals surface area (Å²) in [6.07, 6.45) is 6.09. The van der Waals surface area contributed by atoms with Gasteiger partial charge in [-0.25, -0.2) is 17.6 Å². The number of hydrogen-bond acceptors (Lipinski definition) is 1. The molecule has 0 amide bonds. The standard InChI is InChI=1S/C25H42F4O/c1-3-5-17-6-8-18(9-7-17)16-25(28,29)20-12-10-19(11-13-20)21-14-15-22(30-4-2)24(27)23(21)26/h17-24H,3-16H2,1-2H3. The first kappa shape index (κ1) is 24.3. The average Bonchev–Trinajstić information content (AvgIpc) is 2.73. The zero-order chi connectivity index (χ0) is 21.7. The van der Waals surface area contributed by atoms with Gasteiger partial charge in [-0.1, -0.05) is 32.6 Å². The molecular weight excluding hydrogens is 392 g/mol. The lowest BCUT2D eigenvalue weighted by Crippen LogP contribution is -2.46. The number of hydrogen-bond donors (Lipinski definition) is 0. The van der Waals surface area contributed by atoms with E-state index >= 15 is 8.78 Å². The molecule has 0 aromatic carbocycles. The second-order valence-electron chi connectivity index (χ2n) is 10.4. The van der Waals surface area contributed by atoms with Crippen molar-refractivity contribution in [1.29, 1.82) is 0 Å². The van der Waals surface area contributed by atoms with Gasteiger partial charge in [0.25, 0.3) is 5.92 Å². The van der Waals surface area contributed by atoms with Crippen molar-refractivity contribution in [1.82, 2.24) is 0 Å². The highest BCUT2D eigenvalue weighted by atomic mass is 19.3. The van der Waals surface area contributed by atoms with Crippen LogP contribution in [0, 0.1) is 29.6 Å². The van der Waals surface area contributed by atoms with Crippen molar-refractivity contribution in [3.05, 3.63) is 0 Å². The first-order chi connectivity index (χ1) is 14.4. The van der Waals surface area contributed by atoms with E-state index in [0.29, 0.717) is 45.1 Å². The van der Waals surface area contributed by atoms with Gasteiger partial charge >= 0.3 is 0 Å². The quantitative estimate of drug-likeness (QED) is 0.353. The molecule has 3 fully saturated rings. The Bertz CT molecular complexity index is 497. The predicted octanol–water partition coefficient (Wildman–Crippen LogP) is 7.92. The van der Waals surface area contributed by atoms with Gasteiger partial charge in [-0.3, -0.25) is 0 Å². The molecule has 176 valence electrons. The van der Waals surface area contributed by atoms with E-state index in [9.17, 15) is 8.78 Å². The van der Waals surface area contributed by atoms with Crippen molar-refractivity contribution in [2.75, 3.05) is 6.61 Å². The Morgan fingerprint density at radius 1 is 0.767 bits per heavy atom. The molecule has 3 saturated carbocycles. The van der Waals surface area contributed by atoms with Crippen LogP contribution in [0.3, 0.4) is 0 Å². The van der Waals surface area contributed by atoms with Crippen LogP contribution in [-0.4, -0.2) is 31.0 Å². The Kier molecular flexibility index (Phi) is 8.93. The summed E-state index contributed by atoms with van der Waals surface area (Å²) >= 11 is 0. The van der Waals surface area contributed by atoms with Crippen molar-refractivity contribution in [3.8, 4) is 0 Å². The highest BCUT2D eigenvalue weighted by Gasteiger charge is 2.48. The van der Waals surface area contributed by atoms with E-state index in [0.717, 1.165) is 31.6 Å². The van der Waals surface area contributed by atoms with Crippen molar-refractivity contribution in [2.45, 2.75) is 122 Å². The van der Waals surface area contributed by atoms with E-state index in [1.54, 1.807) is 6.92 Å². The summed E-state index contributed by atoms with van der Waals surface area (Å²) in [5, 5.41) is 0. The van der Waals surface area contributed by atoms with Crippen molar-refractivity contribution in [2.24, 2.45) is 29.6 Å². The molecule has 5 heteroatoms. The van der Waals surface area contributed by atoms with Crippen LogP contribution < -0.4 is 0 Å². The Balaban J connectivity index is 1.45. The lowest BCUT2D eigenvalue weighted by Gasteiger charge is -2.42. The summed E-state index contributed by atoms with van der Waals surface area (Å²) in [5.41, 5.74) is 0. The van der Waals surface area contributed by atoms with Crippen LogP contribution in [-0.2, 0) is 4.74 Å². The number of halogens is 4. The Morgan fingerprint density at radius 3 is 2.00 bits per heavy atom. The van der Waals surface area contributed by atoms with Gasteiger partial charge in [0.15, 0.2) is 6.17 Å². The van der Waals surface area contributed by atoms with Crippen LogP contribution in [0.25, 0.3) is 0 Å². The summed E-state index contributed by atoms with van der Waals surface area (Å²) in [7, 11) is 0. The second kappa shape index (κ2) is 11.0. The molecule has 3 aliphatic carbocycles. The van der Waals surface area contributed by atoms with Crippen LogP contribution in [0.15, 0.2) is 0 Å². The predicted molar refractivity (Wildman–Crippen MR) is 113 cm³/mol. The van der Waals surface area contributed by atoms with Crippen molar-refractivity contribution >= 4 is 0 Å². The first-order valence-electron chi connectivity index (χ1n) is 12.6. The van der Waals surface area contributed by atoms with E-state index in [-0.39, 0.29) is 24.2 Å². The normalized spacial score (nSPS) is 41.0. The number of rotatable bonds is 8. The summed E-state index contributed by atoms with van der Waals surface area (Å²) < 4.78 is 64.5. The second-order valence-corrected chi connectivity index (χ2v) is 10.4. The topological polar surface area (TPSA) is 9.23 Å². The Hall–Kier alpha value is -0.320. The smallest absolute Gasteiger partial charge is 0.251 e. The lowest BCUT2D eigenvalue weighted by molar-refractivity contribution is -0.109. The zero-order valence-corrected chi connectivity index (χ0v) is 18.9. The van der Waals surface area contributed by atoms with Gasteiger partial charge in [-0.15, -0.1) is 0 Å². The molecule has 0 heterocycles. The third-order valence-electron chi connectivity index (χ3n) is 8.43. The monoisotopic (exact) mass is 434 g/mol. The molecule has 0 aromatic heterocycles. The Labute approximate surface area is 180 Å². The maximum Gasteiger partial charge on any atom is 0.251 e. The van der Waals surface area contributed by atoms with Crippen LogP contribution in [0.1, 0.15) is 97.3 Å². The van der Waals surface area contributed by atoms with Gasteiger partial charge in [0.05, 0.1) is 6.10 Å². The molecule has 4 unspecified atom stereocenters. The molecule has 0 aromatic rings. The molecule has 0 aliphatic heterocycles. The fraction of sp³-hybridized carbons (Fsp3) is 1.00. The van der Waals surface area contributed by atoms with E-state index in [1.165, 1.54) is 12.8 Å². The minimum atomic E-state index is -2.61. The van der Waals surface area contributed by atoms with Crippen molar-refractivity contribution < 1.29 is 22.3 Å². The van der Waals surface area contributed by atoms with Gasteiger partial charge in [-0.05, 0) is 82.0 Å². The third-order valence-corrected chi connectivity index (χ3v) is 8.43. The summed E-state index contributed by atoms with van der Waals surface area (Å²) in [6.45, 7) is 4.38. The van der Waals surface area contributed by atoms with Gasteiger partial charge in [-0.2, -0.15) is 0 Å². The SMILES string of the molecule is CCCC1CCC(CC(F)(F)C2CCC(C3CCC(OCC)C(F)C3F)CC2)CC1. The van der Waals surface area contributed by atoms with Crippen LogP contribution in [0.2, 0.25) is 0 Å². The Morgan fingerprint density at radius 2 is 1.40 bits per heavy atom. The zero-order valence-electron chi connectivity index (χ0n) is 18.9. The summed E-state index contributed by atoms with van der Waals surface area (Å²) in [6, 6.07) is 0. The summed E-state index contributed by atoms with van der Waals surface area (Å²) in [4.78, 5) is 0. The van der Waals surface area contributed by atoms with E-state index in [1.807, 2.05) is 0 Å². The third kappa shape index (κ3) is 5.92. The molecule has 0 radical (unpaired) electrons. The molecule has 0 N–H and O–H groups in total. The minimum absolute atomic E-state index is 0.0267. The van der Waals surface area contributed by atoms with Crippen LogP contribution >= 0.6 is 0 Å². The maximum absolute atomic E-state index is 15.0. The van der Waals surface area contributed by atoms with Crippen LogP contribution in [0.4, 0.5) is 17.6 Å². The number of alkyl halides is 4. The highest BCUT2D eigenvalue weighted by molar-refractivity contribution is 4.94.